The summed E-state index contributed by atoms with van der Waals surface area (Å²) in [6.07, 6.45) is 1.53. The summed E-state index contributed by atoms with van der Waals surface area (Å²) in [4.78, 5) is 32.6. The topological polar surface area (TPSA) is 90.0 Å². The zero-order chi connectivity index (χ0) is 23.5. The van der Waals surface area contributed by atoms with E-state index in [2.05, 4.69) is 10.3 Å². The number of fused-ring (bicyclic) bond motifs is 1. The zero-order valence-electron chi connectivity index (χ0n) is 18.9. The van der Waals surface area contributed by atoms with Gasteiger partial charge in [-0.25, -0.2) is 4.98 Å². The summed E-state index contributed by atoms with van der Waals surface area (Å²) < 4.78 is 15.9. The van der Waals surface area contributed by atoms with E-state index < -0.39 is 12.0 Å². The summed E-state index contributed by atoms with van der Waals surface area (Å²) in [5, 5.41) is 2.94. The monoisotopic (exact) mass is 447 g/mol. The van der Waals surface area contributed by atoms with E-state index >= 15 is 0 Å². The third-order valence-electron chi connectivity index (χ3n) is 5.82. The van der Waals surface area contributed by atoms with Gasteiger partial charge in [-0.1, -0.05) is 24.3 Å². The maximum absolute atomic E-state index is 13.6. The van der Waals surface area contributed by atoms with Gasteiger partial charge in [0.2, 0.25) is 11.8 Å². The fourth-order valence-electron chi connectivity index (χ4n) is 4.21. The lowest BCUT2D eigenvalue weighted by Gasteiger charge is -2.39. The highest BCUT2D eigenvalue weighted by atomic mass is 16.5. The number of ether oxygens (including phenoxy) is 3. The number of hydrogen-bond acceptors (Lipinski definition) is 6. The van der Waals surface area contributed by atoms with Crippen LogP contribution in [0, 0.1) is 0 Å². The summed E-state index contributed by atoms with van der Waals surface area (Å²) in [6, 6.07) is 15.5. The van der Waals surface area contributed by atoms with Crippen LogP contribution in [0.15, 0.2) is 60.8 Å². The second-order valence-corrected chi connectivity index (χ2v) is 7.62. The molecule has 0 spiro atoms. The van der Waals surface area contributed by atoms with Gasteiger partial charge >= 0.3 is 0 Å². The number of methoxy groups -OCH3 is 3. The lowest BCUT2D eigenvalue weighted by Crippen LogP contribution is -2.44. The Morgan fingerprint density at radius 1 is 0.970 bits per heavy atom. The van der Waals surface area contributed by atoms with Crippen LogP contribution in [0.1, 0.15) is 33.4 Å². The number of likely N-dealkylation sites (N-methyl/N-ethyl adjacent to an activating group) is 1. The standard InChI is InChI=1S/C25H25N3O5/c1-28-23(15-9-11-19(31-2)20(13-15)32-3)22(17-7-5-6-8-18(17)25(28)30)24(29)27-16-10-12-21(33-4)26-14-16/h5-14,22-23H,1-4H3,(H,27,29)/t22-,23-/m1/s1. The molecule has 0 radical (unpaired) electrons. The van der Waals surface area contributed by atoms with Gasteiger partial charge in [-0.2, -0.15) is 0 Å². The number of amides is 2. The predicted molar refractivity (Wildman–Crippen MR) is 123 cm³/mol. The first-order valence-electron chi connectivity index (χ1n) is 10.4. The van der Waals surface area contributed by atoms with Crippen molar-refractivity contribution in [2.24, 2.45) is 0 Å². The first-order chi connectivity index (χ1) is 16.0. The van der Waals surface area contributed by atoms with Crippen molar-refractivity contribution < 1.29 is 23.8 Å². The average molecular weight is 447 g/mol. The molecule has 170 valence electrons. The maximum atomic E-state index is 13.6. The molecule has 1 aromatic heterocycles. The third kappa shape index (κ3) is 4.07. The fourth-order valence-corrected chi connectivity index (χ4v) is 4.21. The largest absolute Gasteiger partial charge is 0.493 e. The van der Waals surface area contributed by atoms with E-state index in [1.54, 1.807) is 62.6 Å². The number of aromatic nitrogens is 1. The van der Waals surface area contributed by atoms with Crippen molar-refractivity contribution in [1.82, 2.24) is 9.88 Å². The Morgan fingerprint density at radius 2 is 1.73 bits per heavy atom. The molecule has 2 heterocycles. The van der Waals surface area contributed by atoms with Crippen molar-refractivity contribution in [3.8, 4) is 17.4 Å². The van der Waals surface area contributed by atoms with E-state index in [-0.39, 0.29) is 11.8 Å². The number of benzene rings is 2. The molecule has 0 bridgehead atoms. The van der Waals surface area contributed by atoms with Crippen molar-refractivity contribution in [1.29, 1.82) is 0 Å². The Labute approximate surface area is 192 Å². The summed E-state index contributed by atoms with van der Waals surface area (Å²) in [7, 11) is 6.34. The van der Waals surface area contributed by atoms with Crippen LogP contribution in [0.3, 0.4) is 0 Å². The summed E-state index contributed by atoms with van der Waals surface area (Å²) in [5.41, 5.74) is 2.46. The van der Waals surface area contributed by atoms with Crippen LogP contribution in [0.4, 0.5) is 5.69 Å². The highest BCUT2D eigenvalue weighted by Crippen LogP contribution is 2.44. The van der Waals surface area contributed by atoms with Crippen molar-refractivity contribution in [3.63, 3.8) is 0 Å². The molecule has 1 aliphatic rings. The molecule has 2 atom stereocenters. The molecule has 0 unspecified atom stereocenters. The van der Waals surface area contributed by atoms with Gasteiger partial charge in [0, 0.05) is 18.7 Å². The molecule has 1 aliphatic heterocycles. The third-order valence-corrected chi connectivity index (χ3v) is 5.82. The molecule has 4 rings (SSSR count). The van der Waals surface area contributed by atoms with Crippen LogP contribution in [0.5, 0.6) is 17.4 Å². The molecule has 8 heteroatoms. The summed E-state index contributed by atoms with van der Waals surface area (Å²) in [5.74, 6) is 0.465. The molecule has 0 aliphatic carbocycles. The number of rotatable bonds is 6. The Balaban J connectivity index is 1.79. The summed E-state index contributed by atoms with van der Waals surface area (Å²) >= 11 is 0. The minimum Gasteiger partial charge on any atom is -0.493 e. The van der Waals surface area contributed by atoms with E-state index in [4.69, 9.17) is 14.2 Å². The molecule has 1 N–H and O–H groups in total. The van der Waals surface area contributed by atoms with Crippen molar-refractivity contribution in [2.75, 3.05) is 33.7 Å². The van der Waals surface area contributed by atoms with Crippen LogP contribution in [-0.4, -0.2) is 50.1 Å². The van der Waals surface area contributed by atoms with Crippen LogP contribution in [0.25, 0.3) is 0 Å². The van der Waals surface area contributed by atoms with Gasteiger partial charge < -0.3 is 24.4 Å². The number of anilines is 1. The van der Waals surface area contributed by atoms with Crippen LogP contribution >= 0.6 is 0 Å². The Kier molecular flexibility index (Phi) is 6.17. The van der Waals surface area contributed by atoms with Crippen molar-refractivity contribution in [3.05, 3.63) is 77.5 Å². The van der Waals surface area contributed by atoms with Gasteiger partial charge in [-0.05, 0) is 35.4 Å². The van der Waals surface area contributed by atoms with Crippen LogP contribution < -0.4 is 19.5 Å². The van der Waals surface area contributed by atoms with Crippen LogP contribution in [0.2, 0.25) is 0 Å². The number of carbonyl (C=O) groups excluding carboxylic acids is 2. The summed E-state index contributed by atoms with van der Waals surface area (Å²) in [6.45, 7) is 0. The van der Waals surface area contributed by atoms with Crippen molar-refractivity contribution >= 4 is 17.5 Å². The van der Waals surface area contributed by atoms with E-state index in [1.807, 2.05) is 18.2 Å². The average Bonchev–Trinajstić information content (AvgIpc) is 2.86. The smallest absolute Gasteiger partial charge is 0.254 e. The molecule has 33 heavy (non-hydrogen) atoms. The first kappa shape index (κ1) is 22.1. The van der Waals surface area contributed by atoms with Gasteiger partial charge in [0.05, 0.1) is 45.2 Å². The van der Waals surface area contributed by atoms with Gasteiger partial charge in [-0.15, -0.1) is 0 Å². The van der Waals surface area contributed by atoms with E-state index in [1.165, 1.54) is 13.3 Å². The van der Waals surface area contributed by atoms with E-state index in [9.17, 15) is 9.59 Å². The maximum Gasteiger partial charge on any atom is 0.254 e. The Bertz CT molecular complexity index is 1180. The SMILES string of the molecule is COc1ccc(NC(=O)[C@@H]2c3ccccc3C(=O)N(C)[C@@H]2c2ccc(OC)c(OC)c2)cn1. The lowest BCUT2D eigenvalue weighted by molar-refractivity contribution is -0.119. The normalized spacial score (nSPS) is 17.2. The molecule has 2 aromatic carbocycles. The van der Waals surface area contributed by atoms with E-state index in [0.29, 0.717) is 34.2 Å². The highest BCUT2D eigenvalue weighted by Gasteiger charge is 2.42. The van der Waals surface area contributed by atoms with Gasteiger partial charge in [0.25, 0.3) is 5.91 Å². The van der Waals surface area contributed by atoms with E-state index in [0.717, 1.165) is 5.56 Å². The molecule has 3 aromatic rings. The molecule has 0 saturated heterocycles. The number of pyridine rings is 1. The number of nitrogens with one attached hydrogen (secondary N) is 1. The second kappa shape index (κ2) is 9.20. The molecule has 0 saturated carbocycles. The Morgan fingerprint density at radius 3 is 2.39 bits per heavy atom. The second-order valence-electron chi connectivity index (χ2n) is 7.62. The predicted octanol–water partition coefficient (Wildman–Crippen LogP) is 3.66. The molecule has 0 fully saturated rings. The minimum atomic E-state index is -0.663. The lowest BCUT2D eigenvalue weighted by atomic mass is 9.79. The minimum absolute atomic E-state index is 0.152. The zero-order valence-corrected chi connectivity index (χ0v) is 18.9. The highest BCUT2D eigenvalue weighted by molar-refractivity contribution is 6.04. The van der Waals surface area contributed by atoms with Gasteiger partial charge in [0.15, 0.2) is 11.5 Å². The van der Waals surface area contributed by atoms with Crippen LogP contribution in [-0.2, 0) is 4.79 Å². The fraction of sp³-hybridized carbons (Fsp3) is 0.240. The van der Waals surface area contributed by atoms with Gasteiger partial charge in [-0.3, -0.25) is 9.59 Å². The van der Waals surface area contributed by atoms with Crippen molar-refractivity contribution in [2.45, 2.75) is 12.0 Å². The molecular formula is C25H25N3O5. The Hall–Kier alpha value is -4.07. The first-order valence-corrected chi connectivity index (χ1v) is 10.4. The number of hydrogen-bond donors (Lipinski definition) is 1. The molecule has 2 amide bonds. The number of carbonyl (C=O) groups is 2. The number of nitrogens with zero attached hydrogens (tertiary/aromatic N) is 2. The molecule has 8 nitrogen and oxygen atoms in total. The van der Waals surface area contributed by atoms with Gasteiger partial charge in [0.1, 0.15) is 0 Å². The quantitative estimate of drug-likeness (QED) is 0.620. The molecular weight excluding hydrogens is 422 g/mol.